The average Bonchev–Trinajstić information content (AvgIpc) is 2.68. The normalized spacial score (nSPS) is 24.1. The summed E-state index contributed by atoms with van der Waals surface area (Å²) in [6.07, 6.45) is 4.97. The van der Waals surface area contributed by atoms with Gasteiger partial charge in [0.1, 0.15) is 11.6 Å². The number of methoxy groups -OCH3 is 1. The highest BCUT2D eigenvalue weighted by Gasteiger charge is 2.53. The molecular formula is C24H31N3O2. The van der Waals surface area contributed by atoms with Gasteiger partial charge in [-0.25, -0.2) is 9.97 Å². The van der Waals surface area contributed by atoms with Crippen LogP contribution in [0, 0.1) is 12.8 Å². The fourth-order valence-corrected chi connectivity index (χ4v) is 5.89. The molecule has 0 saturated heterocycles. The molecule has 154 valence electrons. The van der Waals surface area contributed by atoms with Crippen LogP contribution < -0.4 is 10.1 Å². The van der Waals surface area contributed by atoms with E-state index in [4.69, 9.17) is 9.72 Å². The summed E-state index contributed by atoms with van der Waals surface area (Å²) in [5.74, 6) is 1.88. The van der Waals surface area contributed by atoms with Crippen LogP contribution in [-0.4, -0.2) is 29.5 Å². The molecule has 2 aliphatic carbocycles. The Kier molecular flexibility index (Phi) is 4.67. The van der Waals surface area contributed by atoms with E-state index >= 15 is 0 Å². The first kappa shape index (κ1) is 19.9. The second-order valence-electron chi connectivity index (χ2n) is 9.27. The van der Waals surface area contributed by atoms with Crippen LogP contribution in [0.15, 0.2) is 18.3 Å². The molecule has 1 aromatic heterocycles. The summed E-state index contributed by atoms with van der Waals surface area (Å²) in [6.45, 7) is 11.5. The smallest absolute Gasteiger partial charge is 0.255 e. The Morgan fingerprint density at radius 1 is 1.28 bits per heavy atom. The van der Waals surface area contributed by atoms with Gasteiger partial charge in [0.15, 0.2) is 0 Å². The van der Waals surface area contributed by atoms with Crippen LogP contribution in [0.25, 0.3) is 0 Å². The highest BCUT2D eigenvalue weighted by Crippen LogP contribution is 2.56. The van der Waals surface area contributed by atoms with Gasteiger partial charge in [-0.3, -0.25) is 4.79 Å². The molecule has 0 radical (unpaired) electrons. The van der Waals surface area contributed by atoms with Gasteiger partial charge in [-0.1, -0.05) is 20.8 Å². The van der Waals surface area contributed by atoms with Gasteiger partial charge in [0.25, 0.3) is 5.91 Å². The summed E-state index contributed by atoms with van der Waals surface area (Å²) in [5.41, 5.74) is 5.54. The van der Waals surface area contributed by atoms with Crippen LogP contribution in [-0.2, 0) is 23.7 Å². The minimum atomic E-state index is -0.0716. The second kappa shape index (κ2) is 6.82. The molecule has 0 spiro atoms. The summed E-state index contributed by atoms with van der Waals surface area (Å²) >= 11 is 0. The van der Waals surface area contributed by atoms with Crippen molar-refractivity contribution in [1.29, 1.82) is 0 Å². The first-order valence-corrected chi connectivity index (χ1v) is 10.5. The highest BCUT2D eigenvalue weighted by molar-refractivity contribution is 5.97. The number of aryl methyl sites for hydroxylation is 2. The zero-order valence-electron chi connectivity index (χ0n) is 18.3. The summed E-state index contributed by atoms with van der Waals surface area (Å²) in [4.78, 5) is 21.9. The minimum absolute atomic E-state index is 0.0424. The van der Waals surface area contributed by atoms with Crippen LogP contribution in [0.5, 0.6) is 5.75 Å². The molecule has 1 heterocycles. The number of benzene rings is 1. The van der Waals surface area contributed by atoms with E-state index in [1.54, 1.807) is 7.11 Å². The van der Waals surface area contributed by atoms with Crippen molar-refractivity contribution in [2.45, 2.75) is 64.7 Å². The molecule has 1 N–H and O–H groups in total. The maximum atomic E-state index is 12.6. The standard InChI is InChI=1S/C24H31N3O2/c1-7-25-22(28)17-10-15-8-9-20-23(3,4)21-16(13-26-14(2)27-21)12-24(20,5)18(15)11-19(17)29-6/h10-11,13,20H,7-9,12H2,1-6H3,(H,25,28)/t20?,24-/m1/s1. The van der Waals surface area contributed by atoms with Crippen LogP contribution >= 0.6 is 0 Å². The van der Waals surface area contributed by atoms with Crippen molar-refractivity contribution in [2.75, 3.05) is 13.7 Å². The number of ether oxygens (including phenoxy) is 1. The van der Waals surface area contributed by atoms with Gasteiger partial charge in [0.2, 0.25) is 0 Å². The lowest BCUT2D eigenvalue weighted by Crippen LogP contribution is -2.52. The Morgan fingerprint density at radius 3 is 2.72 bits per heavy atom. The summed E-state index contributed by atoms with van der Waals surface area (Å²) in [5, 5.41) is 2.91. The molecular weight excluding hydrogens is 362 g/mol. The Hall–Kier alpha value is -2.43. The van der Waals surface area contributed by atoms with Gasteiger partial charge in [-0.15, -0.1) is 0 Å². The van der Waals surface area contributed by atoms with E-state index in [1.165, 1.54) is 22.4 Å². The first-order valence-electron chi connectivity index (χ1n) is 10.5. The number of rotatable bonds is 3. The molecule has 0 aliphatic heterocycles. The Labute approximate surface area is 173 Å². The van der Waals surface area contributed by atoms with Gasteiger partial charge in [0.05, 0.1) is 18.4 Å². The number of carbonyl (C=O) groups excluding carboxylic acids is 1. The van der Waals surface area contributed by atoms with Gasteiger partial charge >= 0.3 is 0 Å². The average molecular weight is 394 g/mol. The second-order valence-corrected chi connectivity index (χ2v) is 9.27. The van der Waals surface area contributed by atoms with E-state index in [1.807, 2.05) is 20.0 Å². The fourth-order valence-electron chi connectivity index (χ4n) is 5.89. The molecule has 0 bridgehead atoms. The number of aromatic nitrogens is 2. The maximum absolute atomic E-state index is 12.6. The number of nitrogens with zero attached hydrogens (tertiary/aromatic N) is 2. The number of nitrogens with one attached hydrogen (secondary N) is 1. The van der Waals surface area contributed by atoms with Crippen LogP contribution in [0.1, 0.15) is 72.7 Å². The zero-order chi connectivity index (χ0) is 21.0. The summed E-state index contributed by atoms with van der Waals surface area (Å²) in [6, 6.07) is 4.16. The molecule has 29 heavy (non-hydrogen) atoms. The SMILES string of the molecule is CCNC(=O)c1cc2c(cc1OC)[C@@]1(C)Cc3cnc(C)nc3C(C)(C)C1CC2. The molecule has 5 heteroatoms. The lowest BCUT2D eigenvalue weighted by atomic mass is 9.50. The van der Waals surface area contributed by atoms with Gasteiger partial charge in [-0.2, -0.15) is 0 Å². The molecule has 0 fully saturated rings. The predicted molar refractivity (Wildman–Crippen MR) is 114 cm³/mol. The fraction of sp³-hybridized carbons (Fsp3) is 0.542. The van der Waals surface area contributed by atoms with Gasteiger partial charge in [0, 0.05) is 23.6 Å². The van der Waals surface area contributed by atoms with E-state index in [0.717, 1.165) is 25.1 Å². The molecule has 2 aliphatic rings. The van der Waals surface area contributed by atoms with Crippen molar-refractivity contribution in [3.8, 4) is 5.75 Å². The summed E-state index contributed by atoms with van der Waals surface area (Å²) in [7, 11) is 1.64. The van der Waals surface area contributed by atoms with Crippen molar-refractivity contribution in [1.82, 2.24) is 15.3 Å². The van der Waals surface area contributed by atoms with E-state index in [-0.39, 0.29) is 16.7 Å². The minimum Gasteiger partial charge on any atom is -0.496 e. The predicted octanol–water partition coefficient (Wildman–Crippen LogP) is 3.90. The van der Waals surface area contributed by atoms with Gasteiger partial charge < -0.3 is 10.1 Å². The largest absolute Gasteiger partial charge is 0.496 e. The van der Waals surface area contributed by atoms with Gasteiger partial charge in [-0.05, 0) is 67.9 Å². The molecule has 0 saturated carbocycles. The number of fused-ring (bicyclic) bond motifs is 4. The molecule has 1 aromatic carbocycles. The molecule has 5 nitrogen and oxygen atoms in total. The highest BCUT2D eigenvalue weighted by atomic mass is 16.5. The van der Waals surface area contributed by atoms with Crippen LogP contribution in [0.4, 0.5) is 0 Å². The number of carbonyl (C=O) groups is 1. The number of amides is 1. The van der Waals surface area contributed by atoms with Crippen molar-refractivity contribution >= 4 is 5.91 Å². The Balaban J connectivity index is 1.87. The Bertz CT molecular complexity index is 982. The molecule has 4 rings (SSSR count). The maximum Gasteiger partial charge on any atom is 0.255 e. The molecule has 1 amide bonds. The lowest BCUT2D eigenvalue weighted by Gasteiger charge is -2.54. The quantitative estimate of drug-likeness (QED) is 0.859. The third-order valence-electron chi connectivity index (χ3n) is 7.12. The van der Waals surface area contributed by atoms with Crippen molar-refractivity contribution in [2.24, 2.45) is 5.92 Å². The van der Waals surface area contributed by atoms with E-state index in [0.29, 0.717) is 23.8 Å². The monoisotopic (exact) mass is 393 g/mol. The number of hydrogen-bond acceptors (Lipinski definition) is 4. The van der Waals surface area contributed by atoms with Crippen molar-refractivity contribution in [3.05, 3.63) is 52.1 Å². The number of hydrogen-bond donors (Lipinski definition) is 1. The zero-order valence-corrected chi connectivity index (χ0v) is 18.3. The van der Waals surface area contributed by atoms with Crippen LogP contribution in [0.3, 0.4) is 0 Å². The van der Waals surface area contributed by atoms with Crippen LogP contribution in [0.2, 0.25) is 0 Å². The first-order chi connectivity index (χ1) is 13.7. The lowest BCUT2D eigenvalue weighted by molar-refractivity contribution is 0.0951. The third-order valence-corrected chi connectivity index (χ3v) is 7.12. The van der Waals surface area contributed by atoms with E-state index in [9.17, 15) is 4.79 Å². The van der Waals surface area contributed by atoms with E-state index < -0.39 is 0 Å². The summed E-state index contributed by atoms with van der Waals surface area (Å²) < 4.78 is 5.66. The van der Waals surface area contributed by atoms with E-state index in [2.05, 4.69) is 43.2 Å². The van der Waals surface area contributed by atoms with Crippen molar-refractivity contribution < 1.29 is 9.53 Å². The molecule has 2 aromatic rings. The topological polar surface area (TPSA) is 64.1 Å². The molecule has 1 unspecified atom stereocenters. The van der Waals surface area contributed by atoms with Crippen molar-refractivity contribution in [3.63, 3.8) is 0 Å². The Morgan fingerprint density at radius 2 is 2.03 bits per heavy atom. The molecule has 2 atom stereocenters. The third kappa shape index (κ3) is 2.93.